The third-order valence-electron chi connectivity index (χ3n) is 2.08. The topological polar surface area (TPSA) is 48.4 Å². The standard InChI is InChI=1S/C12H13NO2/c13-11(12-7-4-8-14-12)9-15-10-5-2-1-3-6-10/h1-8,11H,9,13H2. The largest absolute Gasteiger partial charge is 0.491 e. The Labute approximate surface area is 88.5 Å². The van der Waals surface area contributed by atoms with Crippen molar-refractivity contribution in [2.24, 2.45) is 5.73 Å². The Kier molecular flexibility index (Phi) is 3.05. The first-order valence-electron chi connectivity index (χ1n) is 4.83. The van der Waals surface area contributed by atoms with Gasteiger partial charge in [0.05, 0.1) is 12.3 Å². The van der Waals surface area contributed by atoms with Gasteiger partial charge in [-0.15, -0.1) is 0 Å². The SMILES string of the molecule is NC(COc1ccccc1)c1ccco1. The molecule has 0 bridgehead atoms. The van der Waals surface area contributed by atoms with Gasteiger partial charge in [-0.1, -0.05) is 18.2 Å². The molecule has 0 saturated carbocycles. The molecule has 0 aliphatic carbocycles. The van der Waals surface area contributed by atoms with Gasteiger partial charge in [0.2, 0.25) is 0 Å². The number of hydrogen-bond acceptors (Lipinski definition) is 3. The van der Waals surface area contributed by atoms with E-state index in [4.69, 9.17) is 14.9 Å². The summed E-state index contributed by atoms with van der Waals surface area (Å²) >= 11 is 0. The molecule has 78 valence electrons. The Morgan fingerprint density at radius 2 is 1.93 bits per heavy atom. The fourth-order valence-electron chi connectivity index (χ4n) is 1.29. The molecule has 0 fully saturated rings. The van der Waals surface area contributed by atoms with Gasteiger partial charge in [0.25, 0.3) is 0 Å². The van der Waals surface area contributed by atoms with Gasteiger partial charge in [-0.3, -0.25) is 0 Å². The maximum atomic E-state index is 5.87. The molecule has 3 nitrogen and oxygen atoms in total. The van der Waals surface area contributed by atoms with Crippen molar-refractivity contribution in [3.8, 4) is 5.75 Å². The van der Waals surface area contributed by atoms with E-state index in [0.29, 0.717) is 6.61 Å². The molecule has 1 heterocycles. The Morgan fingerprint density at radius 3 is 2.60 bits per heavy atom. The van der Waals surface area contributed by atoms with Crippen molar-refractivity contribution in [2.75, 3.05) is 6.61 Å². The summed E-state index contributed by atoms with van der Waals surface area (Å²) in [7, 11) is 0. The van der Waals surface area contributed by atoms with Gasteiger partial charge >= 0.3 is 0 Å². The molecule has 1 aromatic carbocycles. The molecule has 0 radical (unpaired) electrons. The molecule has 0 amide bonds. The second-order valence-corrected chi connectivity index (χ2v) is 3.25. The van der Waals surface area contributed by atoms with E-state index in [1.807, 2.05) is 42.5 Å². The molecular formula is C12H13NO2. The third-order valence-corrected chi connectivity index (χ3v) is 2.08. The lowest BCUT2D eigenvalue weighted by Crippen LogP contribution is -2.18. The maximum absolute atomic E-state index is 5.87. The van der Waals surface area contributed by atoms with Crippen LogP contribution < -0.4 is 10.5 Å². The summed E-state index contributed by atoms with van der Waals surface area (Å²) in [5.74, 6) is 1.56. The monoisotopic (exact) mass is 203 g/mol. The van der Waals surface area contributed by atoms with Crippen LogP contribution in [-0.4, -0.2) is 6.61 Å². The number of hydrogen-bond donors (Lipinski definition) is 1. The predicted molar refractivity (Wildman–Crippen MR) is 57.6 cm³/mol. The molecule has 2 rings (SSSR count). The minimum absolute atomic E-state index is 0.222. The van der Waals surface area contributed by atoms with Gasteiger partial charge in [-0.05, 0) is 24.3 Å². The molecule has 1 atom stereocenters. The van der Waals surface area contributed by atoms with Crippen molar-refractivity contribution in [3.05, 3.63) is 54.5 Å². The van der Waals surface area contributed by atoms with E-state index < -0.39 is 0 Å². The zero-order chi connectivity index (χ0) is 10.5. The van der Waals surface area contributed by atoms with Gasteiger partial charge < -0.3 is 14.9 Å². The molecular weight excluding hydrogens is 190 g/mol. The first kappa shape index (κ1) is 9.80. The lowest BCUT2D eigenvalue weighted by Gasteiger charge is -2.10. The van der Waals surface area contributed by atoms with E-state index in [-0.39, 0.29) is 6.04 Å². The van der Waals surface area contributed by atoms with Gasteiger partial charge in [-0.25, -0.2) is 0 Å². The molecule has 2 aromatic rings. The summed E-state index contributed by atoms with van der Waals surface area (Å²) in [4.78, 5) is 0. The summed E-state index contributed by atoms with van der Waals surface area (Å²) < 4.78 is 10.7. The fraction of sp³-hybridized carbons (Fsp3) is 0.167. The van der Waals surface area contributed by atoms with E-state index in [9.17, 15) is 0 Å². The molecule has 15 heavy (non-hydrogen) atoms. The van der Waals surface area contributed by atoms with Crippen molar-refractivity contribution in [2.45, 2.75) is 6.04 Å². The molecule has 2 N–H and O–H groups in total. The molecule has 0 spiro atoms. The van der Waals surface area contributed by atoms with Gasteiger partial charge in [0, 0.05) is 0 Å². The number of rotatable bonds is 4. The second kappa shape index (κ2) is 4.66. The molecule has 0 aliphatic heterocycles. The highest BCUT2D eigenvalue weighted by atomic mass is 16.5. The molecule has 3 heteroatoms. The van der Waals surface area contributed by atoms with Crippen molar-refractivity contribution < 1.29 is 9.15 Å². The lowest BCUT2D eigenvalue weighted by molar-refractivity contribution is 0.273. The van der Waals surface area contributed by atoms with Crippen molar-refractivity contribution in [1.82, 2.24) is 0 Å². The van der Waals surface area contributed by atoms with Gasteiger partial charge in [0.15, 0.2) is 0 Å². The van der Waals surface area contributed by atoms with Crippen LogP contribution in [0.2, 0.25) is 0 Å². The Morgan fingerprint density at radius 1 is 1.13 bits per heavy atom. The summed E-state index contributed by atoms with van der Waals surface area (Å²) in [6, 6.07) is 13.0. The van der Waals surface area contributed by atoms with Crippen LogP contribution in [-0.2, 0) is 0 Å². The van der Waals surface area contributed by atoms with Crippen LogP contribution in [0, 0.1) is 0 Å². The highest BCUT2D eigenvalue weighted by molar-refractivity contribution is 5.21. The molecule has 0 aliphatic rings. The number of nitrogens with two attached hydrogens (primary N) is 1. The van der Waals surface area contributed by atoms with Gasteiger partial charge in [0.1, 0.15) is 18.1 Å². The van der Waals surface area contributed by atoms with E-state index in [0.717, 1.165) is 11.5 Å². The summed E-state index contributed by atoms with van der Waals surface area (Å²) in [5, 5.41) is 0. The Hall–Kier alpha value is -1.74. The highest BCUT2D eigenvalue weighted by Gasteiger charge is 2.08. The Balaban J connectivity index is 1.89. The third kappa shape index (κ3) is 2.60. The molecule has 1 unspecified atom stereocenters. The van der Waals surface area contributed by atoms with Crippen LogP contribution in [0.3, 0.4) is 0 Å². The summed E-state index contributed by atoms with van der Waals surface area (Å²) in [6.45, 7) is 0.414. The highest BCUT2D eigenvalue weighted by Crippen LogP contribution is 2.14. The molecule has 0 saturated heterocycles. The van der Waals surface area contributed by atoms with Crippen LogP contribution in [0.4, 0.5) is 0 Å². The fourth-order valence-corrected chi connectivity index (χ4v) is 1.29. The first-order chi connectivity index (χ1) is 7.36. The van der Waals surface area contributed by atoms with E-state index in [1.165, 1.54) is 0 Å². The zero-order valence-corrected chi connectivity index (χ0v) is 8.30. The number of furan rings is 1. The van der Waals surface area contributed by atoms with E-state index in [1.54, 1.807) is 6.26 Å². The average Bonchev–Trinajstić information content (AvgIpc) is 2.81. The minimum atomic E-state index is -0.222. The van der Waals surface area contributed by atoms with Crippen molar-refractivity contribution in [3.63, 3.8) is 0 Å². The van der Waals surface area contributed by atoms with Crippen LogP contribution in [0.25, 0.3) is 0 Å². The predicted octanol–water partition coefficient (Wildman–Crippen LogP) is 2.36. The zero-order valence-electron chi connectivity index (χ0n) is 8.30. The number of ether oxygens (including phenoxy) is 1. The summed E-state index contributed by atoms with van der Waals surface area (Å²) in [6.07, 6.45) is 1.61. The lowest BCUT2D eigenvalue weighted by atomic mass is 10.2. The smallest absolute Gasteiger partial charge is 0.123 e. The van der Waals surface area contributed by atoms with E-state index in [2.05, 4.69) is 0 Å². The number of para-hydroxylation sites is 1. The molecule has 1 aromatic heterocycles. The maximum Gasteiger partial charge on any atom is 0.123 e. The van der Waals surface area contributed by atoms with Crippen LogP contribution in [0.15, 0.2) is 53.1 Å². The van der Waals surface area contributed by atoms with Crippen LogP contribution in [0.5, 0.6) is 5.75 Å². The van der Waals surface area contributed by atoms with Crippen molar-refractivity contribution in [1.29, 1.82) is 0 Å². The van der Waals surface area contributed by atoms with Crippen molar-refractivity contribution >= 4 is 0 Å². The quantitative estimate of drug-likeness (QED) is 0.829. The average molecular weight is 203 g/mol. The Bertz CT molecular complexity index is 383. The minimum Gasteiger partial charge on any atom is -0.491 e. The normalized spacial score (nSPS) is 12.3. The van der Waals surface area contributed by atoms with Crippen LogP contribution in [0.1, 0.15) is 11.8 Å². The van der Waals surface area contributed by atoms with E-state index >= 15 is 0 Å². The van der Waals surface area contributed by atoms with Gasteiger partial charge in [-0.2, -0.15) is 0 Å². The van der Waals surface area contributed by atoms with Crippen LogP contribution >= 0.6 is 0 Å². The first-order valence-corrected chi connectivity index (χ1v) is 4.83. The number of benzene rings is 1. The second-order valence-electron chi connectivity index (χ2n) is 3.25. The summed E-state index contributed by atoms with van der Waals surface area (Å²) in [5.41, 5.74) is 5.87.